The minimum absolute atomic E-state index is 0.137. The second kappa shape index (κ2) is 8.12. The summed E-state index contributed by atoms with van der Waals surface area (Å²) in [5.74, 6) is -1.30. The molecule has 3 aromatic heterocycles. The van der Waals surface area contributed by atoms with Gasteiger partial charge in [-0.25, -0.2) is 13.8 Å². The highest BCUT2D eigenvalue weighted by molar-refractivity contribution is 5.99. The van der Waals surface area contributed by atoms with Crippen LogP contribution < -0.4 is 10.6 Å². The minimum atomic E-state index is -0.993. The quantitative estimate of drug-likeness (QED) is 0.467. The number of primary amides is 1. The van der Waals surface area contributed by atoms with Gasteiger partial charge in [0.2, 0.25) is 11.7 Å². The molecule has 6 rings (SSSR count). The molecule has 1 amide bonds. The van der Waals surface area contributed by atoms with Gasteiger partial charge in [-0.15, -0.1) is 0 Å². The number of benzene rings is 1. The third-order valence-electron chi connectivity index (χ3n) is 6.55. The molecule has 0 bridgehead atoms. The number of carbonyl (C=O) groups is 1. The van der Waals surface area contributed by atoms with Crippen molar-refractivity contribution < 1.29 is 22.8 Å². The molecule has 2 aliphatic rings. The van der Waals surface area contributed by atoms with Crippen molar-refractivity contribution in [2.75, 3.05) is 31.2 Å². The summed E-state index contributed by atoms with van der Waals surface area (Å²) in [5, 5.41) is 3.90. The Morgan fingerprint density at radius 1 is 1.20 bits per heavy atom. The Morgan fingerprint density at radius 2 is 1.97 bits per heavy atom. The number of nitrogens with two attached hydrogens (primary N) is 1. The summed E-state index contributed by atoms with van der Waals surface area (Å²) in [6.45, 7) is 4.35. The van der Waals surface area contributed by atoms with Gasteiger partial charge >= 0.3 is 0 Å². The topological polar surface area (TPSA) is 112 Å². The van der Waals surface area contributed by atoms with E-state index in [-0.39, 0.29) is 23.1 Å². The molecular formula is C24H22F2N6O3. The van der Waals surface area contributed by atoms with Crippen molar-refractivity contribution in [3.05, 3.63) is 53.4 Å². The van der Waals surface area contributed by atoms with E-state index in [0.29, 0.717) is 42.0 Å². The van der Waals surface area contributed by atoms with Gasteiger partial charge in [-0.3, -0.25) is 9.20 Å². The standard InChI is InChI=1S/C24H22F2N6O3/c1-12-15(8-13(9-17(12)25)23-29-24(35-30-23)16-11-18(16)26)20-21(22(27)33)32-3-2-14(10-19(32)28-20)31-4-6-34-7-5-31/h2-3,8-10,16,18H,4-7,11H2,1H3,(H2,27,33)/t16-,18-/m1/s1. The van der Waals surface area contributed by atoms with E-state index >= 15 is 4.39 Å². The summed E-state index contributed by atoms with van der Waals surface area (Å²) in [6.07, 6.45) is 1.08. The predicted octanol–water partition coefficient (Wildman–Crippen LogP) is 3.26. The zero-order valence-electron chi connectivity index (χ0n) is 18.9. The van der Waals surface area contributed by atoms with E-state index < -0.39 is 23.8 Å². The summed E-state index contributed by atoms with van der Waals surface area (Å²) in [7, 11) is 0. The lowest BCUT2D eigenvalue weighted by molar-refractivity contribution is 0.0995. The number of hydrogen-bond acceptors (Lipinski definition) is 7. The van der Waals surface area contributed by atoms with Crippen LogP contribution in [0, 0.1) is 12.7 Å². The average molecular weight is 480 g/mol. The van der Waals surface area contributed by atoms with Crippen LogP contribution >= 0.6 is 0 Å². The maximum Gasteiger partial charge on any atom is 0.268 e. The summed E-state index contributed by atoms with van der Waals surface area (Å²) < 4.78 is 40.6. The van der Waals surface area contributed by atoms with Crippen LogP contribution in [-0.4, -0.2) is 57.9 Å². The molecule has 0 radical (unpaired) electrons. The van der Waals surface area contributed by atoms with Gasteiger partial charge in [-0.05, 0) is 37.1 Å². The van der Waals surface area contributed by atoms with Crippen LogP contribution in [0.25, 0.3) is 28.3 Å². The van der Waals surface area contributed by atoms with E-state index in [4.69, 9.17) is 15.0 Å². The zero-order valence-corrected chi connectivity index (χ0v) is 18.9. The molecule has 1 aromatic carbocycles. The van der Waals surface area contributed by atoms with Gasteiger partial charge in [-0.2, -0.15) is 4.98 Å². The van der Waals surface area contributed by atoms with Gasteiger partial charge < -0.3 is 19.9 Å². The SMILES string of the molecule is Cc1c(F)cc(-c2noc([C@@H]3C[C@H]3F)n2)cc1-c1nc2cc(N3CCOCC3)ccn2c1C(N)=O. The number of pyridine rings is 1. The van der Waals surface area contributed by atoms with Crippen LogP contribution in [0.15, 0.2) is 35.0 Å². The van der Waals surface area contributed by atoms with Gasteiger partial charge in [0.25, 0.3) is 5.91 Å². The lowest BCUT2D eigenvalue weighted by Gasteiger charge is -2.28. The maximum atomic E-state index is 15.0. The Bertz CT molecular complexity index is 1460. The smallest absolute Gasteiger partial charge is 0.268 e. The Hall–Kier alpha value is -3.86. The fourth-order valence-electron chi connectivity index (χ4n) is 4.45. The molecule has 4 aromatic rings. The summed E-state index contributed by atoms with van der Waals surface area (Å²) in [5.41, 5.74) is 8.59. The number of alkyl halides is 1. The molecule has 0 spiro atoms. The van der Waals surface area contributed by atoms with Crippen LogP contribution in [0.4, 0.5) is 14.5 Å². The molecule has 2 atom stereocenters. The fourth-order valence-corrected chi connectivity index (χ4v) is 4.45. The van der Waals surface area contributed by atoms with E-state index in [1.54, 1.807) is 23.6 Å². The normalized spacial score (nSPS) is 19.9. The molecule has 180 valence electrons. The molecule has 11 heteroatoms. The number of nitrogens with zero attached hydrogens (tertiary/aromatic N) is 5. The van der Waals surface area contributed by atoms with Crippen LogP contribution in [0.1, 0.15) is 34.3 Å². The first-order valence-electron chi connectivity index (χ1n) is 11.3. The highest BCUT2D eigenvalue weighted by Crippen LogP contribution is 2.43. The number of hydrogen-bond donors (Lipinski definition) is 1. The van der Waals surface area contributed by atoms with Gasteiger partial charge in [-0.1, -0.05) is 5.16 Å². The first kappa shape index (κ1) is 21.7. The van der Waals surface area contributed by atoms with Crippen LogP contribution in [0.5, 0.6) is 0 Å². The molecule has 0 unspecified atom stereocenters. The molecule has 2 fully saturated rings. The van der Waals surface area contributed by atoms with Gasteiger partial charge in [0.05, 0.1) is 19.1 Å². The second-order valence-corrected chi connectivity index (χ2v) is 8.83. The van der Waals surface area contributed by atoms with Crippen molar-refractivity contribution in [2.24, 2.45) is 5.73 Å². The largest absolute Gasteiger partial charge is 0.378 e. The average Bonchev–Trinajstić information content (AvgIpc) is 3.24. The highest BCUT2D eigenvalue weighted by Gasteiger charge is 2.43. The summed E-state index contributed by atoms with van der Waals surface area (Å²) >= 11 is 0. The lowest BCUT2D eigenvalue weighted by Crippen LogP contribution is -2.36. The first-order chi connectivity index (χ1) is 16.9. The number of carbonyl (C=O) groups excluding carboxylic acids is 1. The van der Waals surface area contributed by atoms with E-state index in [2.05, 4.69) is 20.0 Å². The molecule has 1 saturated carbocycles. The predicted molar refractivity (Wildman–Crippen MR) is 122 cm³/mol. The second-order valence-electron chi connectivity index (χ2n) is 8.83. The number of amides is 1. The van der Waals surface area contributed by atoms with E-state index in [1.165, 1.54) is 6.07 Å². The molecule has 9 nitrogen and oxygen atoms in total. The molecule has 1 aliphatic carbocycles. The lowest BCUT2D eigenvalue weighted by atomic mass is 9.99. The van der Waals surface area contributed by atoms with Crippen LogP contribution in [-0.2, 0) is 4.74 Å². The number of ether oxygens (including phenoxy) is 1. The number of aromatic nitrogens is 4. The van der Waals surface area contributed by atoms with Crippen LogP contribution in [0.2, 0.25) is 0 Å². The van der Waals surface area contributed by atoms with Crippen molar-refractivity contribution in [1.82, 2.24) is 19.5 Å². The van der Waals surface area contributed by atoms with Gasteiger partial charge in [0.15, 0.2) is 0 Å². The van der Waals surface area contributed by atoms with Gasteiger partial charge in [0, 0.05) is 42.2 Å². The molecule has 1 saturated heterocycles. The first-order valence-corrected chi connectivity index (χ1v) is 11.3. The minimum Gasteiger partial charge on any atom is -0.378 e. The van der Waals surface area contributed by atoms with E-state index in [9.17, 15) is 9.18 Å². The van der Waals surface area contributed by atoms with Crippen molar-refractivity contribution in [3.63, 3.8) is 0 Å². The molecule has 4 heterocycles. The third-order valence-corrected chi connectivity index (χ3v) is 6.55. The summed E-state index contributed by atoms with van der Waals surface area (Å²) in [4.78, 5) is 23.6. The van der Waals surface area contributed by atoms with Crippen molar-refractivity contribution in [2.45, 2.75) is 25.4 Å². The molecule has 1 aliphatic heterocycles. The Labute approximate surface area is 198 Å². The van der Waals surface area contributed by atoms with Gasteiger partial charge in [0.1, 0.15) is 29.0 Å². The number of anilines is 1. The molecular weight excluding hydrogens is 458 g/mol. The Kier molecular flexibility index (Phi) is 5.03. The third kappa shape index (κ3) is 3.72. The molecule has 2 N–H and O–H groups in total. The van der Waals surface area contributed by atoms with Crippen molar-refractivity contribution in [1.29, 1.82) is 0 Å². The van der Waals surface area contributed by atoms with E-state index in [1.807, 2.05) is 12.1 Å². The highest BCUT2D eigenvalue weighted by atomic mass is 19.1. The number of rotatable bonds is 5. The Balaban J connectivity index is 1.46. The van der Waals surface area contributed by atoms with E-state index in [0.717, 1.165) is 18.8 Å². The number of imidazole rings is 1. The summed E-state index contributed by atoms with van der Waals surface area (Å²) in [6, 6.07) is 6.68. The Morgan fingerprint density at radius 3 is 2.69 bits per heavy atom. The number of fused-ring (bicyclic) bond motifs is 1. The fraction of sp³-hybridized carbons (Fsp3) is 0.333. The number of morpholine rings is 1. The van der Waals surface area contributed by atoms with Crippen molar-refractivity contribution >= 4 is 17.2 Å². The zero-order chi connectivity index (χ0) is 24.3. The maximum absolute atomic E-state index is 15.0. The molecule has 35 heavy (non-hydrogen) atoms. The number of halogens is 2. The van der Waals surface area contributed by atoms with Crippen LogP contribution in [0.3, 0.4) is 0 Å². The monoisotopic (exact) mass is 480 g/mol. The van der Waals surface area contributed by atoms with Crippen molar-refractivity contribution in [3.8, 4) is 22.6 Å².